The van der Waals surface area contributed by atoms with Gasteiger partial charge in [-0.1, -0.05) is 84.9 Å². The molecule has 0 saturated heterocycles. The van der Waals surface area contributed by atoms with E-state index in [1.807, 2.05) is 84.9 Å². The molecule has 0 radical (unpaired) electrons. The first-order chi connectivity index (χ1) is 17.6. The molecule has 36 heavy (non-hydrogen) atoms. The SMILES string of the molecule is COC(=O)C(C[P+](c1ccccc1)(c1ccccc1)c1ccccc1)NC(=O)OCc1ccccc1. The molecule has 4 aromatic rings. The van der Waals surface area contributed by atoms with Crippen LogP contribution in [0.15, 0.2) is 121 Å². The lowest BCUT2D eigenvalue weighted by molar-refractivity contribution is -0.142. The zero-order chi connectivity index (χ0) is 25.2. The highest BCUT2D eigenvalue weighted by Crippen LogP contribution is 2.55. The Hall–Kier alpha value is -3.95. The molecule has 4 rings (SSSR count). The van der Waals surface area contributed by atoms with Crippen molar-refractivity contribution < 1.29 is 19.1 Å². The van der Waals surface area contributed by atoms with Crippen molar-refractivity contribution in [3.63, 3.8) is 0 Å². The Labute approximate surface area is 212 Å². The average molecular weight is 499 g/mol. The molecule has 0 spiro atoms. The maximum Gasteiger partial charge on any atom is 0.408 e. The zero-order valence-corrected chi connectivity index (χ0v) is 21.0. The first-order valence-corrected chi connectivity index (χ1v) is 13.7. The van der Waals surface area contributed by atoms with E-state index in [4.69, 9.17) is 9.47 Å². The summed E-state index contributed by atoms with van der Waals surface area (Å²) in [7, 11) is -1.05. The summed E-state index contributed by atoms with van der Waals surface area (Å²) in [5.41, 5.74) is 0.863. The molecule has 4 aromatic carbocycles. The summed E-state index contributed by atoms with van der Waals surface area (Å²) in [6.45, 7) is 0.108. The van der Waals surface area contributed by atoms with E-state index in [2.05, 4.69) is 41.7 Å². The summed E-state index contributed by atoms with van der Waals surface area (Å²) in [4.78, 5) is 25.8. The molecule has 0 aromatic heterocycles. The highest BCUT2D eigenvalue weighted by atomic mass is 31.2. The van der Waals surface area contributed by atoms with Crippen LogP contribution in [0.4, 0.5) is 4.79 Å². The molecular weight excluding hydrogens is 469 g/mol. The van der Waals surface area contributed by atoms with Gasteiger partial charge in [0.05, 0.1) is 7.11 Å². The van der Waals surface area contributed by atoms with Crippen molar-refractivity contribution in [1.29, 1.82) is 0 Å². The van der Waals surface area contributed by atoms with Crippen molar-refractivity contribution in [1.82, 2.24) is 5.32 Å². The quantitative estimate of drug-likeness (QED) is 0.274. The van der Waals surface area contributed by atoms with E-state index >= 15 is 0 Å². The van der Waals surface area contributed by atoms with E-state index in [0.29, 0.717) is 6.16 Å². The molecule has 0 saturated carbocycles. The van der Waals surface area contributed by atoms with Gasteiger partial charge in [0.1, 0.15) is 35.9 Å². The Bertz CT molecular complexity index is 1150. The third kappa shape index (κ3) is 5.81. The van der Waals surface area contributed by atoms with E-state index in [1.54, 1.807) is 0 Å². The third-order valence-electron chi connectivity index (χ3n) is 6.04. The van der Waals surface area contributed by atoms with Crippen molar-refractivity contribution in [2.75, 3.05) is 13.3 Å². The molecule has 0 aliphatic carbocycles. The van der Waals surface area contributed by atoms with Crippen LogP contribution in [0.25, 0.3) is 0 Å². The maximum atomic E-state index is 13.0. The largest absolute Gasteiger partial charge is 0.467 e. The van der Waals surface area contributed by atoms with Gasteiger partial charge in [-0.25, -0.2) is 9.59 Å². The summed E-state index contributed by atoms with van der Waals surface area (Å²) in [6.07, 6.45) is -0.320. The molecule has 1 atom stereocenters. The fourth-order valence-electron chi connectivity index (χ4n) is 4.31. The van der Waals surface area contributed by atoms with Crippen LogP contribution in [0.2, 0.25) is 0 Å². The predicted molar refractivity (Wildman–Crippen MR) is 146 cm³/mol. The molecule has 1 amide bonds. The minimum atomic E-state index is -2.38. The van der Waals surface area contributed by atoms with Crippen LogP contribution in [0.3, 0.4) is 0 Å². The van der Waals surface area contributed by atoms with Crippen LogP contribution in [-0.2, 0) is 20.9 Å². The number of hydrogen-bond acceptors (Lipinski definition) is 4. The van der Waals surface area contributed by atoms with Crippen LogP contribution < -0.4 is 21.2 Å². The van der Waals surface area contributed by atoms with E-state index < -0.39 is 25.4 Å². The number of alkyl carbamates (subject to hydrolysis) is 1. The Morgan fingerprint density at radius 3 is 1.53 bits per heavy atom. The van der Waals surface area contributed by atoms with Crippen molar-refractivity contribution in [2.45, 2.75) is 12.6 Å². The lowest BCUT2D eigenvalue weighted by Crippen LogP contribution is -2.48. The molecule has 0 heterocycles. The van der Waals surface area contributed by atoms with Gasteiger partial charge < -0.3 is 14.8 Å². The van der Waals surface area contributed by atoms with E-state index in [0.717, 1.165) is 21.5 Å². The standard InChI is InChI=1S/C30H28NO4P/c1-34-29(32)28(31-30(33)35-22-24-14-6-2-7-15-24)23-36(25-16-8-3-9-17-25,26-18-10-4-11-19-26)27-20-12-5-13-21-27/h2-21,28H,22-23H2,1H3/p+1. The number of hydrogen-bond donors (Lipinski definition) is 1. The maximum absolute atomic E-state index is 13.0. The highest BCUT2D eigenvalue weighted by Gasteiger charge is 2.49. The molecule has 6 heteroatoms. The summed E-state index contributed by atoms with van der Waals surface area (Å²) < 4.78 is 10.6. The second-order valence-corrected chi connectivity index (χ2v) is 11.8. The molecule has 0 aliphatic heterocycles. The van der Waals surface area contributed by atoms with E-state index in [-0.39, 0.29) is 6.61 Å². The normalized spacial score (nSPS) is 11.8. The number of esters is 1. The summed E-state index contributed by atoms with van der Waals surface area (Å²) >= 11 is 0. The number of rotatable bonds is 9. The van der Waals surface area contributed by atoms with Crippen LogP contribution in [0.1, 0.15) is 5.56 Å². The minimum absolute atomic E-state index is 0.108. The first kappa shape index (κ1) is 25.2. The summed E-state index contributed by atoms with van der Waals surface area (Å²) in [5, 5.41) is 6.12. The van der Waals surface area contributed by atoms with Crippen LogP contribution in [0, 0.1) is 0 Å². The van der Waals surface area contributed by atoms with Crippen LogP contribution in [0.5, 0.6) is 0 Å². The van der Waals surface area contributed by atoms with Gasteiger partial charge in [0, 0.05) is 0 Å². The van der Waals surface area contributed by atoms with Crippen LogP contribution >= 0.6 is 7.26 Å². The molecule has 0 fully saturated rings. The molecule has 0 aliphatic rings. The first-order valence-electron chi connectivity index (χ1n) is 11.7. The number of nitrogens with one attached hydrogen (secondary N) is 1. The average Bonchev–Trinajstić information content (AvgIpc) is 2.95. The Morgan fingerprint density at radius 2 is 1.11 bits per heavy atom. The number of methoxy groups -OCH3 is 1. The molecular formula is C30H29NO4P+. The monoisotopic (exact) mass is 498 g/mol. The van der Waals surface area contributed by atoms with Gasteiger partial charge in [0.25, 0.3) is 0 Å². The smallest absolute Gasteiger partial charge is 0.408 e. The number of carbonyl (C=O) groups is 2. The Morgan fingerprint density at radius 1 is 0.694 bits per heavy atom. The molecule has 5 nitrogen and oxygen atoms in total. The zero-order valence-electron chi connectivity index (χ0n) is 20.1. The van der Waals surface area contributed by atoms with E-state index in [1.165, 1.54) is 7.11 Å². The summed E-state index contributed by atoms with van der Waals surface area (Å²) in [5.74, 6) is -0.515. The molecule has 182 valence electrons. The predicted octanol–water partition coefficient (Wildman–Crippen LogP) is 4.45. The van der Waals surface area contributed by atoms with Gasteiger partial charge >= 0.3 is 12.1 Å². The van der Waals surface area contributed by atoms with Gasteiger partial charge in [-0.2, -0.15) is 0 Å². The number of benzene rings is 4. The molecule has 0 bridgehead atoms. The second kappa shape index (κ2) is 12.1. The van der Waals surface area contributed by atoms with Crippen molar-refractivity contribution >= 4 is 35.2 Å². The van der Waals surface area contributed by atoms with Gasteiger partial charge in [-0.3, -0.25) is 0 Å². The summed E-state index contributed by atoms with van der Waals surface area (Å²) in [6, 6.07) is 39.0. The second-order valence-electron chi connectivity index (χ2n) is 8.28. The van der Waals surface area contributed by atoms with Crippen molar-refractivity contribution in [3.05, 3.63) is 127 Å². The topological polar surface area (TPSA) is 64.6 Å². The fourth-order valence-corrected chi connectivity index (χ4v) is 8.67. The number of carbonyl (C=O) groups excluding carboxylic acids is 2. The Kier molecular flexibility index (Phi) is 8.48. The lowest BCUT2D eigenvalue weighted by Gasteiger charge is -2.30. The molecule has 1 unspecified atom stereocenters. The van der Waals surface area contributed by atoms with E-state index in [9.17, 15) is 9.59 Å². The third-order valence-corrected chi connectivity index (χ3v) is 10.5. The van der Waals surface area contributed by atoms with Gasteiger partial charge in [-0.05, 0) is 42.0 Å². The lowest BCUT2D eigenvalue weighted by atomic mass is 10.2. The fraction of sp³-hybridized carbons (Fsp3) is 0.133. The Balaban J connectivity index is 1.73. The number of ether oxygens (including phenoxy) is 2. The van der Waals surface area contributed by atoms with Gasteiger partial charge in [0.2, 0.25) is 0 Å². The number of amides is 1. The van der Waals surface area contributed by atoms with Gasteiger partial charge in [-0.15, -0.1) is 0 Å². The minimum Gasteiger partial charge on any atom is -0.467 e. The molecule has 1 N–H and O–H groups in total. The van der Waals surface area contributed by atoms with Gasteiger partial charge in [0.15, 0.2) is 6.04 Å². The van der Waals surface area contributed by atoms with Crippen molar-refractivity contribution in [3.8, 4) is 0 Å². The van der Waals surface area contributed by atoms with Crippen LogP contribution in [-0.4, -0.2) is 31.4 Å². The highest BCUT2D eigenvalue weighted by molar-refractivity contribution is 7.95. The van der Waals surface area contributed by atoms with Crippen molar-refractivity contribution in [2.24, 2.45) is 0 Å².